The summed E-state index contributed by atoms with van der Waals surface area (Å²) >= 11 is 0. The first-order valence-electron chi connectivity index (χ1n) is 2.25. The minimum atomic E-state index is -0.232. The molecule has 0 fully saturated rings. The first-order valence-corrected chi connectivity index (χ1v) is 2.25. The van der Waals surface area contributed by atoms with Crippen molar-refractivity contribution in [3.63, 3.8) is 0 Å². The molecule has 0 saturated heterocycles. The Kier molecular flexibility index (Phi) is 1.48. The summed E-state index contributed by atoms with van der Waals surface area (Å²) in [7, 11) is 0. The molecule has 0 unspecified atom stereocenters. The van der Waals surface area contributed by atoms with Gasteiger partial charge in [-0.1, -0.05) is 0 Å². The first kappa shape index (κ1) is 5.80. The lowest BCUT2D eigenvalue weighted by atomic mass is 10.7. The SMILES string of the molecule is CC(=O)N[C]1N=NN=N1. The van der Waals surface area contributed by atoms with Crippen LogP contribution in [0.4, 0.5) is 0 Å². The van der Waals surface area contributed by atoms with Crippen molar-refractivity contribution in [2.24, 2.45) is 20.7 Å². The maximum Gasteiger partial charge on any atom is 0.337 e. The second kappa shape index (κ2) is 2.29. The Balaban J connectivity index is 2.37. The Bertz CT molecular complexity index is 161. The van der Waals surface area contributed by atoms with E-state index >= 15 is 0 Å². The molecule has 1 aliphatic heterocycles. The fourth-order valence-electron chi connectivity index (χ4n) is 0.352. The van der Waals surface area contributed by atoms with Crippen LogP contribution in [0.15, 0.2) is 20.7 Å². The molecule has 1 aliphatic rings. The maximum atomic E-state index is 10.3. The van der Waals surface area contributed by atoms with E-state index in [1.807, 2.05) is 0 Å². The average molecular weight is 126 g/mol. The van der Waals surface area contributed by atoms with Gasteiger partial charge in [-0.05, 0) is 10.4 Å². The van der Waals surface area contributed by atoms with Crippen molar-refractivity contribution in [2.75, 3.05) is 0 Å². The molecule has 0 aromatic carbocycles. The van der Waals surface area contributed by atoms with Gasteiger partial charge in [-0.25, -0.2) is 0 Å². The second-order valence-electron chi connectivity index (χ2n) is 1.38. The van der Waals surface area contributed by atoms with E-state index in [1.54, 1.807) is 0 Å². The number of hydrogen-bond donors (Lipinski definition) is 1. The van der Waals surface area contributed by atoms with E-state index in [0.717, 1.165) is 0 Å². The Morgan fingerprint density at radius 2 is 2.00 bits per heavy atom. The fourth-order valence-corrected chi connectivity index (χ4v) is 0.352. The highest BCUT2D eigenvalue weighted by atomic mass is 16.1. The van der Waals surface area contributed by atoms with Crippen LogP contribution in [-0.2, 0) is 4.79 Å². The highest BCUT2D eigenvalue weighted by Crippen LogP contribution is 2.07. The molecule has 6 heteroatoms. The molecule has 0 aliphatic carbocycles. The van der Waals surface area contributed by atoms with Crippen molar-refractivity contribution in [1.29, 1.82) is 0 Å². The largest absolute Gasteiger partial charge is 0.337 e. The van der Waals surface area contributed by atoms with Crippen LogP contribution in [-0.4, -0.2) is 5.91 Å². The zero-order valence-electron chi connectivity index (χ0n) is 4.70. The Hall–Kier alpha value is -1.33. The van der Waals surface area contributed by atoms with Crippen molar-refractivity contribution in [3.8, 4) is 0 Å². The van der Waals surface area contributed by atoms with Crippen LogP contribution in [0, 0.1) is 6.29 Å². The lowest BCUT2D eigenvalue weighted by Crippen LogP contribution is -2.21. The number of hydrogen-bond acceptors (Lipinski definition) is 5. The Morgan fingerprint density at radius 3 is 2.44 bits per heavy atom. The molecule has 0 spiro atoms. The first-order chi connectivity index (χ1) is 4.29. The minimum absolute atomic E-state index is 0.141. The summed E-state index contributed by atoms with van der Waals surface area (Å²) in [4.78, 5) is 10.3. The smallest absolute Gasteiger partial charge is 0.305 e. The number of carbonyl (C=O) groups is 1. The van der Waals surface area contributed by atoms with E-state index in [2.05, 4.69) is 26.0 Å². The summed E-state index contributed by atoms with van der Waals surface area (Å²) < 4.78 is 0. The number of rotatable bonds is 1. The van der Waals surface area contributed by atoms with Crippen molar-refractivity contribution < 1.29 is 4.79 Å². The van der Waals surface area contributed by atoms with Gasteiger partial charge in [-0.2, -0.15) is 0 Å². The number of amides is 1. The van der Waals surface area contributed by atoms with Gasteiger partial charge in [0.1, 0.15) is 0 Å². The molecule has 47 valence electrons. The summed E-state index contributed by atoms with van der Waals surface area (Å²) in [6.07, 6.45) is 0.141. The van der Waals surface area contributed by atoms with Gasteiger partial charge in [0.25, 0.3) is 0 Å². The molecular formula is C3H4N5O. The number of nitrogens with one attached hydrogen (secondary N) is 1. The predicted molar refractivity (Wildman–Crippen MR) is 26.8 cm³/mol. The Morgan fingerprint density at radius 1 is 1.44 bits per heavy atom. The third-order valence-corrected chi connectivity index (χ3v) is 0.607. The van der Waals surface area contributed by atoms with Gasteiger partial charge in [0.2, 0.25) is 5.91 Å². The van der Waals surface area contributed by atoms with E-state index in [-0.39, 0.29) is 12.2 Å². The quantitative estimate of drug-likeness (QED) is 0.542. The third-order valence-electron chi connectivity index (χ3n) is 0.607. The predicted octanol–water partition coefficient (Wildman–Crippen LogP) is 0.402. The standard InChI is InChI=1S/C3H4N5O/c1-2(9)4-3-5-7-8-6-3/h1H3,(H,4,9). The lowest BCUT2D eigenvalue weighted by Gasteiger charge is -1.95. The molecule has 1 heterocycles. The van der Waals surface area contributed by atoms with E-state index in [4.69, 9.17) is 0 Å². The molecule has 0 aromatic rings. The van der Waals surface area contributed by atoms with Gasteiger partial charge in [0.15, 0.2) is 0 Å². The number of carbonyl (C=O) groups excluding carboxylic acids is 1. The van der Waals surface area contributed by atoms with Gasteiger partial charge in [-0.15, -0.1) is 10.2 Å². The normalized spacial score (nSPS) is 16.6. The van der Waals surface area contributed by atoms with Crippen LogP contribution < -0.4 is 5.32 Å². The molecule has 0 saturated carbocycles. The number of nitrogens with zero attached hydrogens (tertiary/aromatic N) is 4. The molecule has 9 heavy (non-hydrogen) atoms. The zero-order chi connectivity index (χ0) is 6.69. The maximum absolute atomic E-state index is 10.3. The van der Waals surface area contributed by atoms with Crippen LogP contribution >= 0.6 is 0 Å². The van der Waals surface area contributed by atoms with E-state index in [1.165, 1.54) is 6.92 Å². The molecular weight excluding hydrogens is 122 g/mol. The van der Waals surface area contributed by atoms with Crippen molar-refractivity contribution >= 4 is 5.91 Å². The molecule has 1 rings (SSSR count). The van der Waals surface area contributed by atoms with Gasteiger partial charge in [0, 0.05) is 6.92 Å². The lowest BCUT2D eigenvalue weighted by molar-refractivity contribution is -0.118. The van der Waals surface area contributed by atoms with Crippen LogP contribution in [0.3, 0.4) is 0 Å². The van der Waals surface area contributed by atoms with Crippen molar-refractivity contribution in [2.45, 2.75) is 6.92 Å². The van der Waals surface area contributed by atoms with E-state index in [0.29, 0.717) is 0 Å². The Labute approximate surface area is 51.0 Å². The third kappa shape index (κ3) is 1.56. The van der Waals surface area contributed by atoms with Crippen LogP contribution in [0.25, 0.3) is 0 Å². The monoisotopic (exact) mass is 126 g/mol. The summed E-state index contributed by atoms with van der Waals surface area (Å²) in [5, 5.41) is 15.3. The highest BCUT2D eigenvalue weighted by Gasteiger charge is 2.11. The summed E-state index contributed by atoms with van der Waals surface area (Å²) in [6, 6.07) is 0. The topological polar surface area (TPSA) is 78.5 Å². The average Bonchev–Trinajstić information content (AvgIpc) is 2.15. The summed E-state index contributed by atoms with van der Waals surface area (Å²) in [6.45, 7) is 1.36. The summed E-state index contributed by atoms with van der Waals surface area (Å²) in [5.74, 6) is -0.232. The molecule has 1 N–H and O–H groups in total. The van der Waals surface area contributed by atoms with Gasteiger partial charge >= 0.3 is 6.29 Å². The molecule has 0 bridgehead atoms. The van der Waals surface area contributed by atoms with Gasteiger partial charge in [0.05, 0.1) is 0 Å². The summed E-state index contributed by atoms with van der Waals surface area (Å²) in [5.41, 5.74) is 0. The molecule has 0 aromatic heterocycles. The molecule has 0 atom stereocenters. The van der Waals surface area contributed by atoms with Crippen molar-refractivity contribution in [1.82, 2.24) is 5.32 Å². The van der Waals surface area contributed by atoms with Crippen LogP contribution in [0.1, 0.15) is 6.92 Å². The molecule has 1 radical (unpaired) electrons. The second-order valence-corrected chi connectivity index (χ2v) is 1.38. The van der Waals surface area contributed by atoms with Gasteiger partial charge < -0.3 is 5.32 Å². The molecule has 6 nitrogen and oxygen atoms in total. The van der Waals surface area contributed by atoms with E-state index < -0.39 is 0 Å². The molecule has 1 amide bonds. The van der Waals surface area contributed by atoms with Crippen LogP contribution in [0.2, 0.25) is 0 Å². The zero-order valence-corrected chi connectivity index (χ0v) is 4.70. The van der Waals surface area contributed by atoms with Crippen molar-refractivity contribution in [3.05, 3.63) is 6.29 Å². The van der Waals surface area contributed by atoms with Gasteiger partial charge in [-0.3, -0.25) is 4.79 Å². The minimum Gasteiger partial charge on any atom is -0.305 e. The van der Waals surface area contributed by atoms with Crippen LogP contribution in [0.5, 0.6) is 0 Å². The fraction of sp³-hybridized carbons (Fsp3) is 0.333. The highest BCUT2D eigenvalue weighted by molar-refractivity contribution is 5.74. The van der Waals surface area contributed by atoms with E-state index in [9.17, 15) is 4.79 Å².